The first kappa shape index (κ1) is 27.7. The minimum atomic E-state index is -3.73. The highest BCUT2D eigenvalue weighted by Crippen LogP contribution is 2.39. The van der Waals surface area contributed by atoms with E-state index < -0.39 is 10.0 Å². The Hall–Kier alpha value is -3.47. The van der Waals surface area contributed by atoms with Crippen LogP contribution >= 0.6 is 0 Å². The van der Waals surface area contributed by atoms with Gasteiger partial charge in [0.05, 0.1) is 23.8 Å². The van der Waals surface area contributed by atoms with Crippen LogP contribution in [0.4, 0.5) is 5.69 Å². The van der Waals surface area contributed by atoms with Crippen molar-refractivity contribution in [3.8, 4) is 0 Å². The van der Waals surface area contributed by atoms with Gasteiger partial charge in [-0.05, 0) is 63.5 Å². The molecule has 10 heteroatoms. The number of morpholine rings is 1. The first-order chi connectivity index (χ1) is 19.7. The third kappa shape index (κ3) is 4.87. The largest absolute Gasteiger partial charge is 0.379 e. The number of rotatable bonds is 5. The number of hydrogen-bond donors (Lipinski definition) is 0. The number of ether oxygens (including phenoxy) is 1. The summed E-state index contributed by atoms with van der Waals surface area (Å²) in [7, 11) is -2.03. The molecule has 2 aromatic carbocycles. The first-order valence-corrected chi connectivity index (χ1v) is 15.7. The molecule has 0 spiro atoms. The van der Waals surface area contributed by atoms with E-state index in [0.717, 1.165) is 35.7 Å². The lowest BCUT2D eigenvalue weighted by molar-refractivity contribution is -0.137. The van der Waals surface area contributed by atoms with Crippen molar-refractivity contribution < 1.29 is 22.7 Å². The minimum absolute atomic E-state index is 0.0876. The van der Waals surface area contributed by atoms with E-state index in [1.54, 1.807) is 30.1 Å². The molecule has 2 saturated heterocycles. The van der Waals surface area contributed by atoms with Gasteiger partial charge in [-0.1, -0.05) is 18.2 Å². The molecule has 0 aliphatic carbocycles. The lowest BCUT2D eigenvalue weighted by Gasteiger charge is -2.39. The number of aromatic nitrogens is 1. The summed E-state index contributed by atoms with van der Waals surface area (Å²) in [5, 5.41) is 0.925. The number of amides is 2. The highest BCUT2D eigenvalue weighted by Gasteiger charge is 2.34. The molecule has 1 aromatic heterocycles. The van der Waals surface area contributed by atoms with Crippen LogP contribution in [-0.2, 0) is 30.9 Å². The predicted molar refractivity (Wildman–Crippen MR) is 159 cm³/mol. The first-order valence-electron chi connectivity index (χ1n) is 14.3. The van der Waals surface area contributed by atoms with Crippen LogP contribution in [0.3, 0.4) is 0 Å². The molecule has 3 aliphatic heterocycles. The van der Waals surface area contributed by atoms with Crippen LogP contribution in [0.1, 0.15) is 44.2 Å². The summed E-state index contributed by atoms with van der Waals surface area (Å²) in [6.45, 7) is 5.76. The van der Waals surface area contributed by atoms with Gasteiger partial charge in [0.2, 0.25) is 15.9 Å². The van der Waals surface area contributed by atoms with Crippen molar-refractivity contribution in [2.45, 2.75) is 56.6 Å². The Kier molecular flexibility index (Phi) is 7.25. The van der Waals surface area contributed by atoms with Gasteiger partial charge in [-0.3, -0.25) is 9.59 Å². The number of likely N-dealkylation sites (N-methyl/N-ethyl adjacent to an activating group) is 1. The maximum atomic E-state index is 13.5. The molecule has 0 bridgehead atoms. The fourth-order valence-corrected chi connectivity index (χ4v) is 7.92. The average Bonchev–Trinajstić information content (AvgIpc) is 3.43. The van der Waals surface area contributed by atoms with Crippen LogP contribution in [0.15, 0.2) is 53.6 Å². The number of nitrogens with zero attached hydrogens (tertiary/aromatic N) is 4. The van der Waals surface area contributed by atoms with E-state index in [1.165, 1.54) is 4.31 Å². The quantitative estimate of drug-likeness (QED) is 0.429. The number of carbonyl (C=O) groups is 2. The molecule has 216 valence electrons. The van der Waals surface area contributed by atoms with E-state index in [1.807, 2.05) is 46.0 Å². The summed E-state index contributed by atoms with van der Waals surface area (Å²) >= 11 is 0. The Balaban J connectivity index is 1.38. The summed E-state index contributed by atoms with van der Waals surface area (Å²) in [5.74, 6) is -0.116. The van der Waals surface area contributed by atoms with Crippen LogP contribution in [0, 0.1) is 0 Å². The number of carbonyl (C=O) groups excluding carboxylic acids is 2. The van der Waals surface area contributed by atoms with Crippen molar-refractivity contribution in [1.82, 2.24) is 13.8 Å². The third-order valence-corrected chi connectivity index (χ3v) is 10.6. The zero-order valence-electron chi connectivity index (χ0n) is 23.7. The van der Waals surface area contributed by atoms with Crippen LogP contribution in [0.5, 0.6) is 0 Å². The van der Waals surface area contributed by atoms with E-state index in [0.29, 0.717) is 43.1 Å². The van der Waals surface area contributed by atoms with Gasteiger partial charge >= 0.3 is 0 Å². The van der Waals surface area contributed by atoms with E-state index in [4.69, 9.17) is 4.74 Å². The predicted octanol–water partition coefficient (Wildman–Crippen LogP) is 3.97. The number of benzene rings is 2. The van der Waals surface area contributed by atoms with Crippen LogP contribution in [0.25, 0.3) is 22.6 Å². The molecule has 3 aromatic rings. The number of para-hydroxylation sites is 1. The lowest BCUT2D eigenvalue weighted by Crippen LogP contribution is -2.48. The van der Waals surface area contributed by atoms with Crippen molar-refractivity contribution >= 4 is 50.1 Å². The molecule has 2 fully saturated rings. The number of likely N-dealkylation sites (tertiary alicyclic amines) is 1. The number of fused-ring (bicyclic) bond motifs is 2. The number of hydrogen-bond acceptors (Lipinski definition) is 5. The van der Waals surface area contributed by atoms with E-state index in [-0.39, 0.29) is 35.3 Å². The molecule has 41 heavy (non-hydrogen) atoms. The molecule has 0 saturated carbocycles. The summed E-state index contributed by atoms with van der Waals surface area (Å²) in [6.07, 6.45) is 6.91. The number of anilines is 1. The van der Waals surface area contributed by atoms with Gasteiger partial charge in [0.25, 0.3) is 5.91 Å². The van der Waals surface area contributed by atoms with Crippen molar-refractivity contribution in [3.63, 3.8) is 0 Å². The van der Waals surface area contributed by atoms with Gasteiger partial charge in [0.1, 0.15) is 6.54 Å². The highest BCUT2D eigenvalue weighted by molar-refractivity contribution is 7.89. The van der Waals surface area contributed by atoms with Crippen molar-refractivity contribution in [2.24, 2.45) is 0 Å². The van der Waals surface area contributed by atoms with Gasteiger partial charge in [0, 0.05) is 66.0 Å². The Bertz CT molecular complexity index is 1640. The third-order valence-electron chi connectivity index (χ3n) is 8.67. The van der Waals surface area contributed by atoms with Crippen molar-refractivity contribution in [3.05, 3.63) is 59.8 Å². The molecule has 0 N–H and O–H groups in total. The smallest absolute Gasteiger partial charge is 0.258 e. The molecular formula is C31H36N4O5S. The molecule has 3 aliphatic rings. The topological polar surface area (TPSA) is 92.2 Å². The monoisotopic (exact) mass is 576 g/mol. The molecule has 4 heterocycles. The Morgan fingerprint density at radius 2 is 1.76 bits per heavy atom. The number of piperidine rings is 1. The molecular weight excluding hydrogens is 540 g/mol. The van der Waals surface area contributed by atoms with E-state index in [9.17, 15) is 18.0 Å². The summed E-state index contributed by atoms with van der Waals surface area (Å²) in [5.41, 5.74) is 3.38. The molecule has 9 nitrogen and oxygen atoms in total. The molecule has 0 radical (unpaired) electrons. The second-order valence-electron chi connectivity index (χ2n) is 11.3. The molecule has 2 amide bonds. The fraction of sp³-hybridized carbons (Fsp3) is 0.419. The van der Waals surface area contributed by atoms with E-state index >= 15 is 0 Å². The van der Waals surface area contributed by atoms with Crippen LogP contribution in [0.2, 0.25) is 0 Å². The summed E-state index contributed by atoms with van der Waals surface area (Å²) in [6, 6.07) is 13.1. The van der Waals surface area contributed by atoms with Gasteiger partial charge in [-0.25, -0.2) is 8.42 Å². The van der Waals surface area contributed by atoms with Gasteiger partial charge in [-0.15, -0.1) is 0 Å². The van der Waals surface area contributed by atoms with Crippen molar-refractivity contribution in [2.75, 3.05) is 38.3 Å². The second kappa shape index (κ2) is 10.7. The van der Waals surface area contributed by atoms with Gasteiger partial charge < -0.3 is 19.1 Å². The standard InChI is InChI=1S/C31H36N4O5S/c1-21-7-6-8-22(2)35(21)30(36)20-33-19-23(25-9-4-5-10-29(25)33)17-27-26-18-24(11-12-28(26)32(3)31(27)37)41(38,39)34-13-15-40-16-14-34/h4-5,9-12,17-19,21-22H,6-8,13-16,20H2,1-3H3/b27-17-/t21-,22-/m1/s1. The Morgan fingerprint density at radius 1 is 1.05 bits per heavy atom. The molecule has 6 rings (SSSR count). The molecule has 2 atom stereocenters. The summed E-state index contributed by atoms with van der Waals surface area (Å²) in [4.78, 5) is 30.6. The molecule has 0 unspecified atom stereocenters. The lowest BCUT2D eigenvalue weighted by atomic mass is 9.97. The average molecular weight is 577 g/mol. The van der Waals surface area contributed by atoms with Crippen LogP contribution in [-0.4, -0.2) is 79.4 Å². The Labute approximate surface area is 241 Å². The van der Waals surface area contributed by atoms with Gasteiger partial charge in [0.15, 0.2) is 0 Å². The number of sulfonamides is 1. The maximum absolute atomic E-state index is 13.5. The fourth-order valence-electron chi connectivity index (χ4n) is 6.48. The van der Waals surface area contributed by atoms with Crippen LogP contribution < -0.4 is 4.90 Å². The highest BCUT2D eigenvalue weighted by atomic mass is 32.2. The Morgan fingerprint density at radius 3 is 2.49 bits per heavy atom. The van der Waals surface area contributed by atoms with Crippen molar-refractivity contribution in [1.29, 1.82) is 0 Å². The minimum Gasteiger partial charge on any atom is -0.379 e. The second-order valence-corrected chi connectivity index (χ2v) is 13.2. The summed E-state index contributed by atoms with van der Waals surface area (Å²) < 4.78 is 35.5. The van der Waals surface area contributed by atoms with Gasteiger partial charge in [-0.2, -0.15) is 4.31 Å². The maximum Gasteiger partial charge on any atom is 0.258 e. The zero-order valence-corrected chi connectivity index (χ0v) is 24.6. The van der Waals surface area contributed by atoms with E-state index in [2.05, 4.69) is 13.8 Å². The normalized spacial score (nSPS) is 23.0. The zero-order chi connectivity index (χ0) is 28.9. The SMILES string of the molecule is C[C@@H]1CCC[C@@H](C)N1C(=O)Cn1cc(/C=C2\C(=O)N(C)c3ccc(S(=O)(=O)N4CCOCC4)cc32)c2ccccc21.